The molecular formula is H4Cl3P2V. The molecule has 0 amide bonds. The van der Waals surface area contributed by atoms with Gasteiger partial charge in [0, 0.05) is 0 Å². The molecule has 0 bridgehead atoms. The molecule has 0 saturated heterocycles. The summed E-state index contributed by atoms with van der Waals surface area (Å²) in [5.74, 6) is 0. The summed E-state index contributed by atoms with van der Waals surface area (Å²) in [5.41, 5.74) is 0. The summed E-state index contributed by atoms with van der Waals surface area (Å²) in [6.07, 6.45) is 0. The van der Waals surface area contributed by atoms with Crippen LogP contribution in [0.15, 0.2) is 0 Å². The summed E-state index contributed by atoms with van der Waals surface area (Å²) in [6.45, 7) is 0. The third-order valence-electron chi connectivity index (χ3n) is 0. The third kappa shape index (κ3) is 33.3. The molecule has 0 aromatic rings. The molecule has 0 aromatic heterocycles. The van der Waals surface area contributed by atoms with E-state index >= 15 is 0 Å². The van der Waals surface area contributed by atoms with Crippen molar-refractivity contribution >= 4 is 45.0 Å². The predicted molar refractivity (Wildman–Crippen MR) is 37.0 cm³/mol. The van der Waals surface area contributed by atoms with Gasteiger partial charge in [-0.15, -0.1) is 0 Å². The number of halogens is 3. The standard InChI is InChI=1S/3ClH.2H2P.V/h3*1H;2*1H2;/q;;;2*-1;+5/p-3. The van der Waals surface area contributed by atoms with Crippen LogP contribution in [0.5, 0.6) is 0 Å². The van der Waals surface area contributed by atoms with Crippen LogP contribution in [0.25, 0.3) is 0 Å². The van der Waals surface area contributed by atoms with E-state index in [9.17, 15) is 0 Å². The van der Waals surface area contributed by atoms with E-state index in [-0.39, 0.29) is 0 Å². The van der Waals surface area contributed by atoms with Crippen molar-refractivity contribution in [2.75, 3.05) is 0 Å². The van der Waals surface area contributed by atoms with E-state index in [1.807, 2.05) is 0 Å². The molecule has 0 N–H and O–H groups in total. The molecule has 0 heterocycles. The summed E-state index contributed by atoms with van der Waals surface area (Å²) in [4.78, 5) is 0. The molecule has 6 heavy (non-hydrogen) atoms. The van der Waals surface area contributed by atoms with Gasteiger partial charge in [-0.3, -0.25) is 0 Å². The van der Waals surface area contributed by atoms with Gasteiger partial charge in [0.05, 0.1) is 0 Å². The van der Waals surface area contributed by atoms with Gasteiger partial charge in [0.2, 0.25) is 0 Å². The molecule has 0 rings (SSSR count). The van der Waals surface area contributed by atoms with Gasteiger partial charge in [0.25, 0.3) is 0 Å². The van der Waals surface area contributed by atoms with Gasteiger partial charge < -0.3 is 0 Å². The van der Waals surface area contributed by atoms with Gasteiger partial charge in [0.15, 0.2) is 0 Å². The second kappa shape index (κ2) is 1.92. The monoisotopic (exact) mass is 222 g/mol. The number of hydrogen-bond acceptors (Lipinski definition) is 0. The summed E-state index contributed by atoms with van der Waals surface area (Å²) >= 11 is 0. The minimum absolute atomic E-state index is 2.21. The zero-order chi connectivity index (χ0) is 5.45. The fourth-order valence-corrected chi connectivity index (χ4v) is 0. The van der Waals surface area contributed by atoms with Crippen molar-refractivity contribution in [1.29, 1.82) is 0 Å². The Morgan fingerprint density at radius 2 is 1.00 bits per heavy atom. The average Bonchev–Trinajstić information content (AvgIpc) is 0.650. The van der Waals surface area contributed by atoms with E-state index in [2.05, 4.69) is 15.4 Å². The first kappa shape index (κ1) is 8.31. The van der Waals surface area contributed by atoms with Crippen molar-refractivity contribution in [2.45, 2.75) is 0 Å². The molecule has 0 aliphatic heterocycles. The molecule has 2 atom stereocenters. The van der Waals surface area contributed by atoms with Crippen LogP contribution in [-0.4, -0.2) is 0 Å². The Morgan fingerprint density at radius 3 is 1.00 bits per heavy atom. The van der Waals surface area contributed by atoms with Crippen LogP contribution in [0.4, 0.5) is 0 Å². The van der Waals surface area contributed by atoms with Gasteiger partial charge >= 0.3 is 54.1 Å². The summed E-state index contributed by atoms with van der Waals surface area (Å²) < 4.78 is 0. The van der Waals surface area contributed by atoms with Gasteiger partial charge in [-0.25, -0.2) is 0 Å². The summed E-state index contributed by atoms with van der Waals surface area (Å²) in [6, 6.07) is 0. The third-order valence-corrected chi connectivity index (χ3v) is 0. The Bertz CT molecular complexity index is 42.0. The van der Waals surface area contributed by atoms with Gasteiger partial charge in [-0.1, -0.05) is 0 Å². The second-order valence-corrected chi connectivity index (χ2v) is 34.4. The fraction of sp³-hybridized carbons (Fsp3) is 0. The van der Waals surface area contributed by atoms with Crippen LogP contribution in [-0.2, 0) is 9.09 Å². The van der Waals surface area contributed by atoms with Crippen molar-refractivity contribution < 1.29 is 9.09 Å². The van der Waals surface area contributed by atoms with Crippen LogP contribution in [0.1, 0.15) is 0 Å². The van der Waals surface area contributed by atoms with Crippen LogP contribution in [0.2, 0.25) is 0 Å². The van der Waals surface area contributed by atoms with Gasteiger partial charge in [-0.05, 0) is 0 Å². The van der Waals surface area contributed by atoms with E-state index in [0.29, 0.717) is 0 Å². The first-order valence-corrected chi connectivity index (χ1v) is 12.7. The van der Waals surface area contributed by atoms with Crippen molar-refractivity contribution in [3.05, 3.63) is 0 Å². The van der Waals surface area contributed by atoms with Crippen LogP contribution in [0, 0.1) is 0 Å². The Hall–Kier alpha value is 2.31. The summed E-state index contributed by atoms with van der Waals surface area (Å²) in [7, 11) is 17.4. The molecule has 0 radical (unpaired) electrons. The van der Waals surface area contributed by atoms with Crippen molar-refractivity contribution in [2.24, 2.45) is 0 Å². The second-order valence-electron chi connectivity index (χ2n) is 0.926. The maximum atomic E-state index is 5.42. The first-order chi connectivity index (χ1) is 2.24. The Labute approximate surface area is 53.8 Å². The molecule has 6 heteroatoms. The molecule has 0 saturated carbocycles. The van der Waals surface area contributed by atoms with Crippen LogP contribution in [0.3, 0.4) is 0 Å². The van der Waals surface area contributed by atoms with E-state index < -0.39 is 9.09 Å². The van der Waals surface area contributed by atoms with E-state index in [1.165, 1.54) is 0 Å². The molecule has 0 fully saturated rings. The van der Waals surface area contributed by atoms with Crippen LogP contribution < -0.4 is 0 Å². The fourth-order valence-electron chi connectivity index (χ4n) is 0. The molecule has 0 aliphatic rings. The zero-order valence-corrected chi connectivity index (χ0v) is 8.71. The SMILES string of the molecule is [PH2][V]([PH2])([Cl])([Cl])[Cl]. The molecule has 0 aromatic carbocycles. The Balaban J connectivity index is 3.73. The van der Waals surface area contributed by atoms with E-state index in [1.54, 1.807) is 0 Å². The molecule has 0 nitrogen and oxygen atoms in total. The van der Waals surface area contributed by atoms with Crippen molar-refractivity contribution in [3.63, 3.8) is 0 Å². The zero-order valence-electron chi connectivity index (χ0n) is 2.74. The Morgan fingerprint density at radius 1 is 1.00 bits per heavy atom. The topological polar surface area (TPSA) is 0 Å². The minimum atomic E-state index is -3.24. The molecule has 0 aliphatic carbocycles. The molecular weight excluding hydrogens is 219 g/mol. The maximum absolute atomic E-state index is 5.42. The molecule has 2 unspecified atom stereocenters. The predicted octanol–water partition coefficient (Wildman–Crippen LogP) is 2.72. The Kier molecular flexibility index (Phi) is 2.67. The normalized spacial score (nSPS) is 19.2. The van der Waals surface area contributed by atoms with Gasteiger partial charge in [0.1, 0.15) is 0 Å². The quantitative estimate of drug-likeness (QED) is 0.554. The van der Waals surface area contributed by atoms with E-state index in [0.717, 1.165) is 0 Å². The number of hydrogen-bond donors (Lipinski definition) is 0. The number of rotatable bonds is 0. The van der Waals surface area contributed by atoms with Crippen LogP contribution >= 0.6 is 45.0 Å². The summed E-state index contributed by atoms with van der Waals surface area (Å²) in [5, 5.41) is 0. The first-order valence-electron chi connectivity index (χ1n) is 1.02. The average molecular weight is 223 g/mol. The van der Waals surface area contributed by atoms with E-state index in [4.69, 9.17) is 29.5 Å². The van der Waals surface area contributed by atoms with Gasteiger partial charge in [-0.2, -0.15) is 0 Å². The van der Waals surface area contributed by atoms with Crippen molar-refractivity contribution in [3.8, 4) is 0 Å². The molecule has 40 valence electrons. The molecule has 0 spiro atoms. The van der Waals surface area contributed by atoms with Crippen molar-refractivity contribution in [1.82, 2.24) is 0 Å².